The summed E-state index contributed by atoms with van der Waals surface area (Å²) >= 11 is 0. The Bertz CT molecular complexity index is 1380. The van der Waals surface area contributed by atoms with Crippen molar-refractivity contribution in [3.8, 4) is 11.4 Å². The Morgan fingerprint density at radius 2 is 2.06 bits per heavy atom. The highest BCUT2D eigenvalue weighted by Crippen LogP contribution is 2.25. The highest BCUT2D eigenvalue weighted by molar-refractivity contribution is 5.85. The number of H-pyrrole nitrogens is 1. The number of fused-ring (bicyclic) bond motifs is 2. The predicted octanol–water partition coefficient (Wildman–Crippen LogP) is 3.55. The lowest BCUT2D eigenvalue weighted by Crippen LogP contribution is -2.09. The number of pyridine rings is 1. The van der Waals surface area contributed by atoms with Crippen LogP contribution >= 0.6 is 0 Å². The quantitative estimate of drug-likeness (QED) is 0.347. The minimum absolute atomic E-state index is 0.0706. The highest BCUT2D eigenvalue weighted by atomic mass is 19.1. The van der Waals surface area contributed by atoms with Gasteiger partial charge >= 0.3 is 0 Å². The molecule has 1 aromatic carbocycles. The number of nitrogens with zero attached hydrogens (tertiary/aromatic N) is 5. The number of halogens is 1. The zero-order valence-electron chi connectivity index (χ0n) is 17.3. The maximum absolute atomic E-state index is 13.8. The summed E-state index contributed by atoms with van der Waals surface area (Å²) in [5.41, 5.74) is 4.07. The van der Waals surface area contributed by atoms with Gasteiger partial charge in [0.05, 0.1) is 12.5 Å². The monoisotopic (exact) mass is 431 g/mol. The topological polar surface area (TPSA) is 105 Å². The molecule has 4 aromatic heterocycles. The van der Waals surface area contributed by atoms with Crippen molar-refractivity contribution < 1.29 is 9.50 Å². The van der Waals surface area contributed by atoms with Crippen LogP contribution in [-0.2, 0) is 13.0 Å². The van der Waals surface area contributed by atoms with Gasteiger partial charge in [-0.05, 0) is 30.5 Å². The predicted molar refractivity (Wildman–Crippen MR) is 121 cm³/mol. The number of nitrogens with one attached hydrogen (secondary N) is 2. The first-order valence-corrected chi connectivity index (χ1v) is 10.5. The maximum atomic E-state index is 13.8. The van der Waals surface area contributed by atoms with Crippen LogP contribution in [0, 0.1) is 5.82 Å². The zero-order valence-corrected chi connectivity index (χ0v) is 17.3. The Balaban J connectivity index is 1.47. The Hall–Kier alpha value is -3.85. The number of para-hydroxylation sites is 1. The molecular weight excluding hydrogens is 409 g/mol. The number of hydrogen-bond donors (Lipinski definition) is 3. The second-order valence-corrected chi connectivity index (χ2v) is 7.51. The number of hydrogen-bond acceptors (Lipinski definition) is 6. The summed E-state index contributed by atoms with van der Waals surface area (Å²) in [5, 5.41) is 13.8. The lowest BCUT2D eigenvalue weighted by molar-refractivity contribution is 0.280. The molecule has 3 N–H and O–H groups in total. The third-order valence-electron chi connectivity index (χ3n) is 5.35. The average Bonchev–Trinajstić information content (AvgIpc) is 3.42. The molecule has 0 aliphatic carbocycles. The molecule has 0 saturated heterocycles. The third kappa shape index (κ3) is 3.90. The van der Waals surface area contributed by atoms with Crippen molar-refractivity contribution >= 4 is 27.9 Å². The van der Waals surface area contributed by atoms with E-state index in [4.69, 9.17) is 0 Å². The molecule has 8 nitrogen and oxygen atoms in total. The zero-order chi connectivity index (χ0) is 21.9. The van der Waals surface area contributed by atoms with Crippen LogP contribution in [0.25, 0.3) is 33.5 Å². The maximum Gasteiger partial charge on any atom is 0.166 e. The van der Waals surface area contributed by atoms with E-state index in [0.29, 0.717) is 47.9 Å². The Morgan fingerprint density at radius 3 is 2.94 bits per heavy atom. The molecule has 32 heavy (non-hydrogen) atoms. The van der Waals surface area contributed by atoms with Gasteiger partial charge in [0.15, 0.2) is 17.3 Å². The van der Waals surface area contributed by atoms with E-state index in [2.05, 4.69) is 42.4 Å². The van der Waals surface area contributed by atoms with Crippen LogP contribution < -0.4 is 5.32 Å². The SMILES string of the molecule is OCCCn1cnc2c(NCCc3c[nH]c4ccccc34)nc(-c3cncc(F)c3)nc21. The van der Waals surface area contributed by atoms with Crippen LogP contribution in [0.3, 0.4) is 0 Å². The van der Waals surface area contributed by atoms with Gasteiger partial charge in [-0.25, -0.2) is 19.3 Å². The number of aromatic amines is 1. The Labute approximate surface area is 183 Å². The summed E-state index contributed by atoms with van der Waals surface area (Å²) in [5.74, 6) is 0.496. The molecule has 0 aliphatic rings. The molecule has 162 valence electrons. The number of aryl methyl sites for hydroxylation is 1. The molecule has 0 fully saturated rings. The van der Waals surface area contributed by atoms with E-state index in [9.17, 15) is 9.50 Å². The van der Waals surface area contributed by atoms with Crippen molar-refractivity contribution in [3.05, 3.63) is 66.6 Å². The summed E-state index contributed by atoms with van der Waals surface area (Å²) in [6.45, 7) is 1.28. The fourth-order valence-corrected chi connectivity index (χ4v) is 3.79. The van der Waals surface area contributed by atoms with Crippen molar-refractivity contribution in [1.29, 1.82) is 0 Å². The number of aliphatic hydroxyl groups excluding tert-OH is 1. The molecule has 4 heterocycles. The smallest absolute Gasteiger partial charge is 0.166 e. The number of anilines is 1. The molecule has 0 aliphatic heterocycles. The van der Waals surface area contributed by atoms with Crippen LogP contribution in [0.2, 0.25) is 0 Å². The largest absolute Gasteiger partial charge is 0.396 e. The van der Waals surface area contributed by atoms with E-state index in [-0.39, 0.29) is 6.61 Å². The third-order valence-corrected chi connectivity index (χ3v) is 5.35. The molecule has 0 saturated carbocycles. The fraction of sp³-hybridized carbons (Fsp3) is 0.217. The molecule has 0 atom stereocenters. The van der Waals surface area contributed by atoms with Crippen molar-refractivity contribution in [2.24, 2.45) is 0 Å². The second kappa shape index (κ2) is 8.72. The fourth-order valence-electron chi connectivity index (χ4n) is 3.79. The van der Waals surface area contributed by atoms with Gasteiger partial charge in [0.2, 0.25) is 0 Å². The van der Waals surface area contributed by atoms with Crippen molar-refractivity contribution in [3.63, 3.8) is 0 Å². The van der Waals surface area contributed by atoms with E-state index < -0.39 is 5.82 Å². The van der Waals surface area contributed by atoms with Crippen LogP contribution in [0.4, 0.5) is 10.2 Å². The van der Waals surface area contributed by atoms with Gasteiger partial charge in [0.25, 0.3) is 0 Å². The molecule has 9 heteroatoms. The van der Waals surface area contributed by atoms with Gasteiger partial charge in [-0.1, -0.05) is 18.2 Å². The molecule has 0 spiro atoms. The Kier molecular flexibility index (Phi) is 5.47. The van der Waals surface area contributed by atoms with E-state index in [1.165, 1.54) is 23.2 Å². The van der Waals surface area contributed by atoms with E-state index >= 15 is 0 Å². The van der Waals surface area contributed by atoms with E-state index in [1.54, 1.807) is 6.33 Å². The molecule has 0 amide bonds. The Morgan fingerprint density at radius 1 is 1.16 bits per heavy atom. The van der Waals surface area contributed by atoms with Gasteiger partial charge in [0, 0.05) is 48.6 Å². The minimum Gasteiger partial charge on any atom is -0.396 e. The number of aliphatic hydroxyl groups is 1. The molecule has 5 aromatic rings. The number of imidazole rings is 1. The summed E-state index contributed by atoms with van der Waals surface area (Å²) < 4.78 is 15.6. The lowest BCUT2D eigenvalue weighted by Gasteiger charge is -2.10. The first-order valence-electron chi connectivity index (χ1n) is 10.5. The summed E-state index contributed by atoms with van der Waals surface area (Å²) in [4.78, 5) is 20.9. The van der Waals surface area contributed by atoms with Gasteiger partial charge in [-0.3, -0.25) is 4.98 Å². The van der Waals surface area contributed by atoms with Crippen LogP contribution in [-0.4, -0.2) is 47.7 Å². The first kappa shape index (κ1) is 20.1. The molecule has 0 bridgehead atoms. The van der Waals surface area contributed by atoms with Crippen LogP contribution in [0.15, 0.2) is 55.2 Å². The lowest BCUT2D eigenvalue weighted by atomic mass is 10.1. The van der Waals surface area contributed by atoms with Crippen molar-refractivity contribution in [2.75, 3.05) is 18.5 Å². The number of aromatic nitrogens is 6. The first-order chi connectivity index (χ1) is 15.7. The molecule has 0 unspecified atom stereocenters. The standard InChI is InChI=1S/C23H22FN7O/c24-17-10-16(11-25-13-17)21-29-22(20-23(30-21)31(14-28-20)8-3-9-32)26-7-6-15-12-27-19-5-2-1-4-18(15)19/h1-2,4-5,10-14,27,32H,3,6-9H2,(H,26,29,30). The number of benzene rings is 1. The second-order valence-electron chi connectivity index (χ2n) is 7.51. The van der Waals surface area contributed by atoms with Gasteiger partial charge in [0.1, 0.15) is 11.3 Å². The van der Waals surface area contributed by atoms with E-state index in [0.717, 1.165) is 18.1 Å². The molecular formula is C23H22FN7O. The molecule has 5 rings (SSSR count). The van der Waals surface area contributed by atoms with Crippen molar-refractivity contribution in [2.45, 2.75) is 19.4 Å². The number of rotatable bonds is 8. The highest BCUT2D eigenvalue weighted by Gasteiger charge is 2.15. The summed E-state index contributed by atoms with van der Waals surface area (Å²) in [7, 11) is 0. The summed E-state index contributed by atoms with van der Waals surface area (Å²) in [6.07, 6.45) is 7.76. The average molecular weight is 431 g/mol. The van der Waals surface area contributed by atoms with Gasteiger partial charge in [-0.2, -0.15) is 0 Å². The van der Waals surface area contributed by atoms with Gasteiger partial charge < -0.3 is 20.0 Å². The summed E-state index contributed by atoms with van der Waals surface area (Å²) in [6, 6.07) is 9.55. The van der Waals surface area contributed by atoms with Crippen LogP contribution in [0.1, 0.15) is 12.0 Å². The van der Waals surface area contributed by atoms with E-state index in [1.807, 2.05) is 22.9 Å². The van der Waals surface area contributed by atoms with Crippen molar-refractivity contribution in [1.82, 2.24) is 29.5 Å². The van der Waals surface area contributed by atoms with Crippen LogP contribution in [0.5, 0.6) is 0 Å². The van der Waals surface area contributed by atoms with Gasteiger partial charge in [-0.15, -0.1) is 0 Å². The minimum atomic E-state index is -0.450. The molecule has 0 radical (unpaired) electrons. The normalized spacial score (nSPS) is 11.4.